The largest absolute Gasteiger partial charge is 0.467 e. The summed E-state index contributed by atoms with van der Waals surface area (Å²) in [5.74, 6) is 0.830. The van der Waals surface area contributed by atoms with Crippen molar-refractivity contribution in [1.29, 1.82) is 0 Å². The zero-order valence-corrected chi connectivity index (χ0v) is 15.1. The van der Waals surface area contributed by atoms with Crippen molar-refractivity contribution in [3.05, 3.63) is 95.9 Å². The molecule has 4 nitrogen and oxygen atoms in total. The highest BCUT2D eigenvalue weighted by molar-refractivity contribution is 5.78. The third-order valence-corrected chi connectivity index (χ3v) is 4.67. The van der Waals surface area contributed by atoms with Crippen LogP contribution in [0.2, 0.25) is 0 Å². The molecule has 1 N–H and O–H groups in total. The van der Waals surface area contributed by atoms with Crippen molar-refractivity contribution in [2.75, 3.05) is 13.6 Å². The topological polar surface area (TPSA) is 45.5 Å². The second kappa shape index (κ2) is 8.50. The highest BCUT2D eigenvalue weighted by Crippen LogP contribution is 2.23. The van der Waals surface area contributed by atoms with Gasteiger partial charge in [0.2, 0.25) is 5.91 Å². The average Bonchev–Trinajstić information content (AvgIpc) is 3.23. The maximum absolute atomic E-state index is 12.7. The smallest absolute Gasteiger partial charge is 0.236 e. The van der Waals surface area contributed by atoms with Crippen LogP contribution < -0.4 is 5.32 Å². The van der Waals surface area contributed by atoms with Crippen LogP contribution in [0.4, 0.5) is 0 Å². The average molecular weight is 348 g/mol. The minimum atomic E-state index is -0.157. The molecule has 0 spiro atoms. The van der Waals surface area contributed by atoms with E-state index in [-0.39, 0.29) is 24.5 Å². The molecular formula is C22H24N2O2. The monoisotopic (exact) mass is 348 g/mol. The number of carbonyl (C=O) groups excluding carboxylic acids is 1. The Hall–Kier alpha value is -2.85. The zero-order chi connectivity index (χ0) is 18.4. The van der Waals surface area contributed by atoms with E-state index in [1.165, 1.54) is 0 Å². The van der Waals surface area contributed by atoms with E-state index in [2.05, 4.69) is 5.32 Å². The van der Waals surface area contributed by atoms with Gasteiger partial charge >= 0.3 is 0 Å². The molecule has 0 aliphatic heterocycles. The van der Waals surface area contributed by atoms with Crippen LogP contribution in [-0.4, -0.2) is 24.4 Å². The molecule has 1 aromatic heterocycles. The van der Waals surface area contributed by atoms with Gasteiger partial charge in [0, 0.05) is 7.05 Å². The molecule has 0 saturated carbocycles. The predicted octanol–water partition coefficient (Wildman–Crippen LogP) is 4.18. The van der Waals surface area contributed by atoms with E-state index in [1.54, 1.807) is 11.2 Å². The minimum Gasteiger partial charge on any atom is -0.467 e. The van der Waals surface area contributed by atoms with Crippen LogP contribution in [0.5, 0.6) is 0 Å². The molecule has 2 aromatic carbocycles. The fourth-order valence-corrected chi connectivity index (χ4v) is 2.97. The highest BCUT2D eigenvalue weighted by Gasteiger charge is 2.21. The molecule has 0 aliphatic carbocycles. The minimum absolute atomic E-state index is 0.0179. The third-order valence-electron chi connectivity index (χ3n) is 4.67. The Morgan fingerprint density at radius 3 is 2.15 bits per heavy atom. The predicted molar refractivity (Wildman–Crippen MR) is 103 cm³/mol. The Bertz CT molecular complexity index is 801. The van der Waals surface area contributed by atoms with Gasteiger partial charge in [0.1, 0.15) is 5.76 Å². The number of hydrogen-bond acceptors (Lipinski definition) is 3. The van der Waals surface area contributed by atoms with Crippen LogP contribution in [0.15, 0.2) is 83.5 Å². The van der Waals surface area contributed by atoms with Gasteiger partial charge in [0.05, 0.1) is 24.9 Å². The number of likely N-dealkylation sites (N-methyl/N-ethyl adjacent to an activating group) is 1. The van der Waals surface area contributed by atoms with Crippen molar-refractivity contribution in [2.24, 2.45) is 0 Å². The molecule has 3 aromatic rings. The summed E-state index contributed by atoms with van der Waals surface area (Å²) in [5, 5.41) is 3.34. The maximum Gasteiger partial charge on any atom is 0.236 e. The van der Waals surface area contributed by atoms with Crippen LogP contribution in [0.3, 0.4) is 0 Å². The van der Waals surface area contributed by atoms with Gasteiger partial charge in [-0.15, -0.1) is 0 Å². The molecule has 0 saturated heterocycles. The van der Waals surface area contributed by atoms with Gasteiger partial charge in [0.15, 0.2) is 0 Å². The van der Waals surface area contributed by atoms with E-state index in [9.17, 15) is 4.79 Å². The number of amides is 1. The highest BCUT2D eigenvalue weighted by atomic mass is 16.3. The molecule has 134 valence electrons. The zero-order valence-electron chi connectivity index (χ0n) is 15.1. The van der Waals surface area contributed by atoms with E-state index in [0.29, 0.717) is 0 Å². The first-order valence-electron chi connectivity index (χ1n) is 8.79. The van der Waals surface area contributed by atoms with Gasteiger partial charge in [-0.25, -0.2) is 0 Å². The summed E-state index contributed by atoms with van der Waals surface area (Å²) in [6.07, 6.45) is 1.65. The summed E-state index contributed by atoms with van der Waals surface area (Å²) in [6.45, 7) is 2.27. The number of nitrogens with zero attached hydrogens (tertiary/aromatic N) is 1. The van der Waals surface area contributed by atoms with Crippen LogP contribution >= 0.6 is 0 Å². The molecule has 0 aliphatic rings. The first kappa shape index (κ1) is 18.0. The van der Waals surface area contributed by atoms with Crippen LogP contribution in [0, 0.1) is 0 Å². The van der Waals surface area contributed by atoms with Crippen LogP contribution in [0.1, 0.15) is 35.9 Å². The second-order valence-corrected chi connectivity index (χ2v) is 6.33. The maximum atomic E-state index is 12.7. The van der Waals surface area contributed by atoms with Crippen molar-refractivity contribution in [3.8, 4) is 0 Å². The fourth-order valence-electron chi connectivity index (χ4n) is 2.97. The Morgan fingerprint density at radius 2 is 1.58 bits per heavy atom. The Kier molecular flexibility index (Phi) is 5.87. The van der Waals surface area contributed by atoms with Gasteiger partial charge in [-0.1, -0.05) is 60.7 Å². The Balaban J connectivity index is 1.68. The van der Waals surface area contributed by atoms with Gasteiger partial charge in [-0.05, 0) is 30.2 Å². The first-order valence-corrected chi connectivity index (χ1v) is 8.79. The van der Waals surface area contributed by atoms with Crippen LogP contribution in [0.25, 0.3) is 0 Å². The SMILES string of the molecule is C[C@H](c1ccccc1)N(C)C(=O)CN[C@H](c1ccccc1)c1ccco1. The van der Waals surface area contributed by atoms with Crippen LogP contribution in [-0.2, 0) is 4.79 Å². The molecule has 26 heavy (non-hydrogen) atoms. The van der Waals surface area contributed by atoms with E-state index in [0.717, 1.165) is 16.9 Å². The van der Waals surface area contributed by atoms with Gasteiger partial charge < -0.3 is 9.32 Å². The summed E-state index contributed by atoms with van der Waals surface area (Å²) in [5.41, 5.74) is 2.18. The molecule has 2 atom stereocenters. The summed E-state index contributed by atoms with van der Waals surface area (Å²) in [7, 11) is 1.84. The second-order valence-electron chi connectivity index (χ2n) is 6.33. The van der Waals surface area contributed by atoms with Crippen molar-refractivity contribution in [2.45, 2.75) is 19.0 Å². The van der Waals surface area contributed by atoms with E-state index >= 15 is 0 Å². The quantitative estimate of drug-likeness (QED) is 0.697. The van der Waals surface area contributed by atoms with Crippen molar-refractivity contribution >= 4 is 5.91 Å². The molecule has 4 heteroatoms. The molecule has 1 amide bonds. The lowest BCUT2D eigenvalue weighted by Crippen LogP contribution is -2.38. The summed E-state index contributed by atoms with van der Waals surface area (Å²) < 4.78 is 5.57. The number of rotatable bonds is 7. The van der Waals surface area contributed by atoms with Crippen molar-refractivity contribution < 1.29 is 9.21 Å². The molecule has 0 fully saturated rings. The lowest BCUT2D eigenvalue weighted by Gasteiger charge is -2.26. The standard InChI is InChI=1S/C22H24N2O2/c1-17(18-10-5-3-6-11-18)24(2)21(25)16-23-22(20-14-9-15-26-20)19-12-7-4-8-13-19/h3-15,17,22-23H,16H2,1-2H3/t17-,22-/m1/s1. The first-order chi connectivity index (χ1) is 12.7. The van der Waals surface area contributed by atoms with Crippen molar-refractivity contribution in [1.82, 2.24) is 10.2 Å². The Morgan fingerprint density at radius 1 is 0.962 bits per heavy atom. The lowest BCUT2D eigenvalue weighted by molar-refractivity contribution is -0.130. The summed E-state index contributed by atoms with van der Waals surface area (Å²) >= 11 is 0. The normalized spacial score (nSPS) is 13.2. The summed E-state index contributed by atoms with van der Waals surface area (Å²) in [4.78, 5) is 14.5. The molecular weight excluding hydrogens is 324 g/mol. The lowest BCUT2D eigenvalue weighted by atomic mass is 10.0. The number of carbonyl (C=O) groups is 1. The number of nitrogens with one attached hydrogen (secondary N) is 1. The van der Waals surface area contributed by atoms with Gasteiger partial charge in [-0.2, -0.15) is 0 Å². The fraction of sp³-hybridized carbons (Fsp3) is 0.227. The number of benzene rings is 2. The summed E-state index contributed by atoms with van der Waals surface area (Å²) in [6, 6.07) is 23.7. The number of furan rings is 1. The Labute approximate surface area is 154 Å². The molecule has 0 radical (unpaired) electrons. The van der Waals surface area contributed by atoms with Gasteiger partial charge in [0.25, 0.3) is 0 Å². The molecule has 1 heterocycles. The van der Waals surface area contributed by atoms with E-state index < -0.39 is 0 Å². The van der Waals surface area contributed by atoms with E-state index in [4.69, 9.17) is 4.42 Å². The van der Waals surface area contributed by atoms with E-state index in [1.807, 2.05) is 86.8 Å². The molecule has 0 bridgehead atoms. The third kappa shape index (κ3) is 4.21. The van der Waals surface area contributed by atoms with Crippen molar-refractivity contribution in [3.63, 3.8) is 0 Å². The van der Waals surface area contributed by atoms with Gasteiger partial charge in [-0.3, -0.25) is 10.1 Å². The number of hydrogen-bond donors (Lipinski definition) is 1. The molecule has 0 unspecified atom stereocenters. The molecule has 3 rings (SSSR count).